The molecule has 0 unspecified atom stereocenters. The third-order valence-corrected chi connectivity index (χ3v) is 6.49. The fourth-order valence-corrected chi connectivity index (χ4v) is 4.98. The standard InChI is InChI=1S/C23H26N2O5S/c1-4-28-23(27)21-16-9-10-25(14(2)3)12-19(16)31-22(21)24-20(26)8-6-15-5-7-17-18(11-15)30-13-29-17/h5-8,11,14H,4,9-10,12-13H2,1-3H3,(H,24,26)/b8-6+. The van der Waals surface area contributed by atoms with Crippen LogP contribution in [0.1, 0.15) is 47.1 Å². The lowest BCUT2D eigenvalue weighted by atomic mass is 10.0. The van der Waals surface area contributed by atoms with Gasteiger partial charge in [-0.15, -0.1) is 11.3 Å². The Bertz CT molecular complexity index is 1030. The third kappa shape index (κ3) is 4.60. The van der Waals surface area contributed by atoms with E-state index < -0.39 is 0 Å². The van der Waals surface area contributed by atoms with E-state index in [9.17, 15) is 9.59 Å². The molecule has 31 heavy (non-hydrogen) atoms. The molecule has 0 aliphatic carbocycles. The molecular weight excluding hydrogens is 416 g/mol. The molecule has 0 fully saturated rings. The van der Waals surface area contributed by atoms with Gasteiger partial charge in [-0.2, -0.15) is 0 Å². The number of fused-ring (bicyclic) bond motifs is 2. The Morgan fingerprint density at radius 2 is 2.10 bits per heavy atom. The molecule has 1 aromatic carbocycles. The lowest BCUT2D eigenvalue weighted by Crippen LogP contribution is -2.35. The van der Waals surface area contributed by atoms with Gasteiger partial charge in [-0.25, -0.2) is 4.79 Å². The van der Waals surface area contributed by atoms with E-state index in [0.717, 1.165) is 35.5 Å². The molecule has 7 nitrogen and oxygen atoms in total. The summed E-state index contributed by atoms with van der Waals surface area (Å²) in [6.45, 7) is 8.25. The average Bonchev–Trinajstić information content (AvgIpc) is 3.35. The molecule has 1 amide bonds. The summed E-state index contributed by atoms with van der Waals surface area (Å²) in [5.74, 6) is 0.670. The first-order valence-electron chi connectivity index (χ1n) is 10.4. The molecule has 0 bridgehead atoms. The topological polar surface area (TPSA) is 77.1 Å². The first kappa shape index (κ1) is 21.4. The maximum atomic E-state index is 12.7. The Morgan fingerprint density at radius 1 is 1.29 bits per heavy atom. The van der Waals surface area contributed by atoms with Gasteiger partial charge in [0.25, 0.3) is 0 Å². The molecule has 2 aliphatic rings. The van der Waals surface area contributed by atoms with Crippen LogP contribution in [0.4, 0.5) is 5.00 Å². The van der Waals surface area contributed by atoms with Gasteiger partial charge >= 0.3 is 5.97 Å². The van der Waals surface area contributed by atoms with Gasteiger partial charge in [0.1, 0.15) is 5.00 Å². The van der Waals surface area contributed by atoms with Crippen molar-refractivity contribution in [3.63, 3.8) is 0 Å². The molecule has 1 N–H and O–H groups in total. The van der Waals surface area contributed by atoms with Crippen LogP contribution in [0.3, 0.4) is 0 Å². The normalized spacial score (nSPS) is 15.4. The number of hydrogen-bond donors (Lipinski definition) is 1. The van der Waals surface area contributed by atoms with Crippen molar-refractivity contribution >= 4 is 34.3 Å². The number of amides is 1. The highest BCUT2D eigenvalue weighted by Crippen LogP contribution is 2.38. The number of rotatable bonds is 6. The van der Waals surface area contributed by atoms with Gasteiger partial charge in [0, 0.05) is 30.1 Å². The monoisotopic (exact) mass is 442 g/mol. The summed E-state index contributed by atoms with van der Waals surface area (Å²) in [6.07, 6.45) is 3.92. The van der Waals surface area contributed by atoms with E-state index in [1.165, 1.54) is 17.4 Å². The quantitative estimate of drug-likeness (QED) is 0.537. The molecule has 0 spiro atoms. The highest BCUT2D eigenvalue weighted by molar-refractivity contribution is 7.17. The Balaban J connectivity index is 1.54. The van der Waals surface area contributed by atoms with Gasteiger partial charge in [-0.3, -0.25) is 9.69 Å². The predicted molar refractivity (Wildman–Crippen MR) is 120 cm³/mol. The minimum absolute atomic E-state index is 0.205. The zero-order valence-corrected chi connectivity index (χ0v) is 18.7. The van der Waals surface area contributed by atoms with Gasteiger partial charge in [0.05, 0.1) is 12.2 Å². The third-order valence-electron chi connectivity index (χ3n) is 5.36. The lowest BCUT2D eigenvalue weighted by Gasteiger charge is -2.30. The molecular formula is C23H26N2O5S. The van der Waals surface area contributed by atoms with E-state index >= 15 is 0 Å². The van der Waals surface area contributed by atoms with Crippen molar-refractivity contribution in [1.29, 1.82) is 0 Å². The molecule has 0 saturated heterocycles. The second-order valence-corrected chi connectivity index (χ2v) is 8.78. The van der Waals surface area contributed by atoms with Crippen LogP contribution >= 0.6 is 11.3 Å². The Morgan fingerprint density at radius 3 is 2.87 bits per heavy atom. The summed E-state index contributed by atoms with van der Waals surface area (Å²) in [5, 5.41) is 3.44. The van der Waals surface area contributed by atoms with Crippen LogP contribution in [0.15, 0.2) is 24.3 Å². The van der Waals surface area contributed by atoms with Crippen LogP contribution < -0.4 is 14.8 Å². The number of nitrogens with zero attached hydrogens (tertiary/aromatic N) is 1. The van der Waals surface area contributed by atoms with E-state index in [-0.39, 0.29) is 18.7 Å². The number of nitrogens with one attached hydrogen (secondary N) is 1. The van der Waals surface area contributed by atoms with Crippen molar-refractivity contribution in [3.8, 4) is 11.5 Å². The van der Waals surface area contributed by atoms with Crippen molar-refractivity contribution in [3.05, 3.63) is 45.8 Å². The summed E-state index contributed by atoms with van der Waals surface area (Å²) in [4.78, 5) is 28.8. The number of esters is 1. The zero-order valence-electron chi connectivity index (χ0n) is 17.9. The molecule has 2 aromatic rings. The number of ether oxygens (including phenoxy) is 3. The average molecular weight is 443 g/mol. The zero-order chi connectivity index (χ0) is 22.0. The largest absolute Gasteiger partial charge is 0.462 e. The molecule has 0 radical (unpaired) electrons. The molecule has 4 rings (SSSR count). The maximum absolute atomic E-state index is 12.7. The van der Waals surface area contributed by atoms with E-state index in [4.69, 9.17) is 14.2 Å². The van der Waals surface area contributed by atoms with E-state index in [0.29, 0.717) is 34.7 Å². The van der Waals surface area contributed by atoms with Gasteiger partial charge in [0.15, 0.2) is 11.5 Å². The fourth-order valence-electron chi connectivity index (χ4n) is 3.71. The first-order valence-corrected chi connectivity index (χ1v) is 11.2. The van der Waals surface area contributed by atoms with Crippen molar-refractivity contribution in [2.24, 2.45) is 0 Å². The molecule has 1 aromatic heterocycles. The smallest absolute Gasteiger partial charge is 0.341 e. The van der Waals surface area contributed by atoms with Gasteiger partial charge in [-0.1, -0.05) is 6.07 Å². The predicted octanol–water partition coefficient (Wildman–Crippen LogP) is 4.07. The van der Waals surface area contributed by atoms with Crippen molar-refractivity contribution in [2.45, 2.75) is 39.8 Å². The van der Waals surface area contributed by atoms with Crippen molar-refractivity contribution in [2.75, 3.05) is 25.3 Å². The van der Waals surface area contributed by atoms with E-state index in [1.807, 2.05) is 18.2 Å². The van der Waals surface area contributed by atoms with E-state index in [2.05, 4.69) is 24.1 Å². The summed E-state index contributed by atoms with van der Waals surface area (Å²) >= 11 is 1.46. The van der Waals surface area contributed by atoms with Crippen molar-refractivity contribution in [1.82, 2.24) is 4.90 Å². The summed E-state index contributed by atoms with van der Waals surface area (Å²) < 4.78 is 16.0. The minimum atomic E-state index is -0.381. The molecule has 2 aliphatic heterocycles. The van der Waals surface area contributed by atoms with Gasteiger partial charge in [-0.05, 0) is 56.5 Å². The molecule has 0 saturated carbocycles. The molecule has 8 heteroatoms. The van der Waals surface area contributed by atoms with Crippen LogP contribution in [0.5, 0.6) is 11.5 Å². The lowest BCUT2D eigenvalue weighted by molar-refractivity contribution is -0.111. The van der Waals surface area contributed by atoms with Crippen LogP contribution in [0, 0.1) is 0 Å². The fraction of sp³-hybridized carbons (Fsp3) is 0.391. The molecule has 164 valence electrons. The minimum Gasteiger partial charge on any atom is -0.462 e. The number of carbonyl (C=O) groups is 2. The SMILES string of the molecule is CCOC(=O)c1c(NC(=O)/C=C/c2ccc3c(c2)OCO3)sc2c1CCN(C(C)C)C2. The number of carbonyl (C=O) groups excluding carboxylic acids is 2. The second kappa shape index (κ2) is 9.11. The highest BCUT2D eigenvalue weighted by Gasteiger charge is 2.30. The van der Waals surface area contributed by atoms with Crippen LogP contribution in [-0.2, 0) is 22.5 Å². The highest BCUT2D eigenvalue weighted by atomic mass is 32.1. The number of thiophene rings is 1. The van der Waals surface area contributed by atoms with Crippen LogP contribution in [0.2, 0.25) is 0 Å². The van der Waals surface area contributed by atoms with Gasteiger partial charge in [0.2, 0.25) is 12.7 Å². The number of hydrogen-bond acceptors (Lipinski definition) is 7. The Kier molecular flexibility index (Phi) is 6.29. The number of anilines is 1. The van der Waals surface area contributed by atoms with Crippen molar-refractivity contribution < 1.29 is 23.8 Å². The van der Waals surface area contributed by atoms with Crippen LogP contribution in [-0.4, -0.2) is 42.8 Å². The summed E-state index contributed by atoms with van der Waals surface area (Å²) in [7, 11) is 0. The molecule has 0 atom stereocenters. The summed E-state index contributed by atoms with van der Waals surface area (Å²) in [6, 6.07) is 5.91. The first-order chi connectivity index (χ1) is 15.0. The molecule has 3 heterocycles. The summed E-state index contributed by atoms with van der Waals surface area (Å²) in [5.41, 5.74) is 2.31. The second-order valence-electron chi connectivity index (χ2n) is 7.68. The maximum Gasteiger partial charge on any atom is 0.341 e. The van der Waals surface area contributed by atoms with E-state index in [1.54, 1.807) is 13.0 Å². The van der Waals surface area contributed by atoms with Crippen LogP contribution in [0.25, 0.3) is 6.08 Å². The Labute approximate surface area is 185 Å². The Hall–Kier alpha value is -2.84. The van der Waals surface area contributed by atoms with Gasteiger partial charge < -0.3 is 19.5 Å². The number of benzene rings is 1.